The average molecular weight is 292 g/mol. The summed E-state index contributed by atoms with van der Waals surface area (Å²) in [4.78, 5) is 24.9. The van der Waals surface area contributed by atoms with Crippen LogP contribution in [0.4, 0.5) is 0 Å². The number of aliphatic carboxylic acids is 1. The van der Waals surface area contributed by atoms with Crippen LogP contribution in [0.5, 0.6) is 5.75 Å². The predicted molar refractivity (Wildman–Crippen MR) is 76.9 cm³/mol. The van der Waals surface area contributed by atoms with E-state index in [0.29, 0.717) is 13.1 Å². The molecule has 6 heteroatoms. The monoisotopic (exact) mass is 292 g/mol. The lowest BCUT2D eigenvalue weighted by molar-refractivity contribution is -0.144. The highest BCUT2D eigenvalue weighted by molar-refractivity contribution is 5.86. The van der Waals surface area contributed by atoms with Gasteiger partial charge in [0.2, 0.25) is 5.91 Å². The normalized spacial score (nSPS) is 20.8. The molecule has 0 aliphatic carbocycles. The van der Waals surface area contributed by atoms with Gasteiger partial charge in [0, 0.05) is 19.1 Å². The molecule has 1 heterocycles. The van der Waals surface area contributed by atoms with Crippen molar-refractivity contribution in [2.24, 2.45) is 0 Å². The summed E-state index contributed by atoms with van der Waals surface area (Å²) in [5.41, 5.74) is 0.973. The van der Waals surface area contributed by atoms with Gasteiger partial charge in [-0.1, -0.05) is 19.1 Å². The number of phenolic OH excluding ortho intramolecular Hbond substituents is 1. The van der Waals surface area contributed by atoms with Crippen LogP contribution in [-0.4, -0.2) is 46.1 Å². The molecular formula is C15H20N2O4. The lowest BCUT2D eigenvalue weighted by Crippen LogP contribution is -2.56. The second kappa shape index (κ2) is 6.58. The number of phenols is 1. The van der Waals surface area contributed by atoms with Crippen molar-refractivity contribution in [3.05, 3.63) is 29.8 Å². The summed E-state index contributed by atoms with van der Waals surface area (Å²) in [7, 11) is 0. The Morgan fingerprint density at radius 3 is 2.67 bits per heavy atom. The number of piperazine rings is 1. The van der Waals surface area contributed by atoms with Crippen LogP contribution in [0.1, 0.15) is 31.4 Å². The highest BCUT2D eigenvalue weighted by atomic mass is 16.4. The minimum atomic E-state index is -0.984. The molecule has 0 radical (unpaired) electrons. The molecule has 0 saturated carbocycles. The van der Waals surface area contributed by atoms with Gasteiger partial charge in [-0.15, -0.1) is 0 Å². The van der Waals surface area contributed by atoms with Crippen molar-refractivity contribution in [3.63, 3.8) is 0 Å². The van der Waals surface area contributed by atoms with E-state index in [1.807, 2.05) is 24.0 Å². The van der Waals surface area contributed by atoms with Gasteiger partial charge >= 0.3 is 5.97 Å². The quantitative estimate of drug-likeness (QED) is 0.756. The fourth-order valence-corrected chi connectivity index (χ4v) is 2.84. The van der Waals surface area contributed by atoms with Gasteiger partial charge in [-0.05, 0) is 24.1 Å². The van der Waals surface area contributed by atoms with Crippen LogP contribution in [0.2, 0.25) is 0 Å². The molecule has 1 aromatic rings. The summed E-state index contributed by atoms with van der Waals surface area (Å²) in [6.07, 6.45) is 0.550. The standard InChI is InChI=1S/C15H20N2O4/c1-2-12(10-3-5-11(18)6-4-10)17-8-7-16-15(21)13(17)9-14(19)20/h3-6,12-13,18H,2,7-9H2,1H3,(H,16,21)(H,19,20). The van der Waals surface area contributed by atoms with Gasteiger partial charge in [0.25, 0.3) is 0 Å². The van der Waals surface area contributed by atoms with Crippen molar-refractivity contribution < 1.29 is 19.8 Å². The van der Waals surface area contributed by atoms with Gasteiger partial charge in [-0.2, -0.15) is 0 Å². The maximum Gasteiger partial charge on any atom is 0.305 e. The van der Waals surface area contributed by atoms with E-state index in [0.717, 1.165) is 12.0 Å². The van der Waals surface area contributed by atoms with E-state index >= 15 is 0 Å². The van der Waals surface area contributed by atoms with E-state index in [4.69, 9.17) is 5.11 Å². The Bertz CT molecular complexity index is 515. The molecule has 114 valence electrons. The number of hydrogen-bond acceptors (Lipinski definition) is 4. The zero-order valence-electron chi connectivity index (χ0n) is 12.0. The first-order valence-electron chi connectivity index (χ1n) is 7.07. The van der Waals surface area contributed by atoms with Crippen LogP contribution in [0.25, 0.3) is 0 Å². The molecule has 1 amide bonds. The molecule has 2 atom stereocenters. The third-order valence-electron chi connectivity index (χ3n) is 3.81. The van der Waals surface area contributed by atoms with Gasteiger partial charge in [-0.25, -0.2) is 0 Å². The Kier molecular flexibility index (Phi) is 4.80. The third-order valence-corrected chi connectivity index (χ3v) is 3.81. The fraction of sp³-hybridized carbons (Fsp3) is 0.467. The van der Waals surface area contributed by atoms with Gasteiger partial charge in [0.1, 0.15) is 11.8 Å². The summed E-state index contributed by atoms with van der Waals surface area (Å²) >= 11 is 0. The van der Waals surface area contributed by atoms with E-state index < -0.39 is 12.0 Å². The van der Waals surface area contributed by atoms with Crippen LogP contribution in [0.3, 0.4) is 0 Å². The number of amides is 1. The molecule has 1 fully saturated rings. The Morgan fingerprint density at radius 2 is 2.10 bits per heavy atom. The second-order valence-corrected chi connectivity index (χ2v) is 5.16. The third kappa shape index (κ3) is 3.52. The van der Waals surface area contributed by atoms with E-state index in [9.17, 15) is 14.7 Å². The Hall–Kier alpha value is -2.08. The summed E-state index contributed by atoms with van der Waals surface area (Å²) in [6, 6.07) is 6.14. The Morgan fingerprint density at radius 1 is 1.43 bits per heavy atom. The van der Waals surface area contributed by atoms with Crippen molar-refractivity contribution in [1.29, 1.82) is 0 Å². The topological polar surface area (TPSA) is 89.9 Å². The first kappa shape index (κ1) is 15.3. The molecule has 0 spiro atoms. The van der Waals surface area contributed by atoms with Crippen LogP contribution in [0.15, 0.2) is 24.3 Å². The van der Waals surface area contributed by atoms with Gasteiger partial charge in [0.05, 0.1) is 6.42 Å². The molecule has 1 aromatic carbocycles. The van der Waals surface area contributed by atoms with Crippen molar-refractivity contribution in [2.75, 3.05) is 13.1 Å². The van der Waals surface area contributed by atoms with Crippen molar-refractivity contribution in [1.82, 2.24) is 10.2 Å². The lowest BCUT2D eigenvalue weighted by Gasteiger charge is -2.40. The summed E-state index contributed by atoms with van der Waals surface area (Å²) in [6.45, 7) is 3.13. The van der Waals surface area contributed by atoms with Crippen LogP contribution in [-0.2, 0) is 9.59 Å². The molecule has 0 bridgehead atoms. The number of hydrogen-bond donors (Lipinski definition) is 3. The molecular weight excluding hydrogens is 272 g/mol. The Balaban J connectivity index is 2.27. The number of aromatic hydroxyl groups is 1. The maximum atomic E-state index is 12.0. The molecule has 2 rings (SSSR count). The van der Waals surface area contributed by atoms with Crippen LogP contribution < -0.4 is 5.32 Å². The average Bonchev–Trinajstić information content (AvgIpc) is 2.45. The fourth-order valence-electron chi connectivity index (χ4n) is 2.84. The van der Waals surface area contributed by atoms with Crippen molar-refractivity contribution in [2.45, 2.75) is 31.8 Å². The van der Waals surface area contributed by atoms with Gasteiger partial charge < -0.3 is 15.5 Å². The molecule has 0 aromatic heterocycles. The molecule has 6 nitrogen and oxygen atoms in total. The number of carboxylic acid groups (broad SMARTS) is 1. The largest absolute Gasteiger partial charge is 0.508 e. The number of nitrogens with one attached hydrogen (secondary N) is 1. The van der Waals surface area contributed by atoms with Crippen molar-refractivity contribution in [3.8, 4) is 5.75 Å². The number of benzene rings is 1. The minimum Gasteiger partial charge on any atom is -0.508 e. The number of carbonyl (C=O) groups is 2. The molecule has 1 aliphatic heterocycles. The highest BCUT2D eigenvalue weighted by Crippen LogP contribution is 2.29. The predicted octanol–water partition coefficient (Wildman–Crippen LogP) is 1.12. The number of carboxylic acids is 1. The van der Waals surface area contributed by atoms with E-state index in [-0.39, 0.29) is 24.1 Å². The van der Waals surface area contributed by atoms with Crippen LogP contribution in [0, 0.1) is 0 Å². The lowest BCUT2D eigenvalue weighted by atomic mass is 9.98. The number of nitrogens with zero attached hydrogens (tertiary/aromatic N) is 1. The zero-order chi connectivity index (χ0) is 15.4. The minimum absolute atomic E-state index is 0.0407. The molecule has 21 heavy (non-hydrogen) atoms. The van der Waals surface area contributed by atoms with E-state index in [1.54, 1.807) is 12.1 Å². The van der Waals surface area contributed by atoms with E-state index in [2.05, 4.69) is 5.32 Å². The molecule has 2 unspecified atom stereocenters. The van der Waals surface area contributed by atoms with E-state index in [1.165, 1.54) is 0 Å². The molecule has 1 aliphatic rings. The molecule has 3 N–H and O–H groups in total. The molecule has 1 saturated heterocycles. The van der Waals surface area contributed by atoms with Gasteiger partial charge in [0.15, 0.2) is 0 Å². The first-order valence-corrected chi connectivity index (χ1v) is 7.07. The summed E-state index contributed by atoms with van der Waals surface area (Å²) in [5, 5.41) is 21.1. The van der Waals surface area contributed by atoms with Crippen molar-refractivity contribution >= 4 is 11.9 Å². The second-order valence-electron chi connectivity index (χ2n) is 5.16. The Labute approximate surface area is 123 Å². The maximum absolute atomic E-state index is 12.0. The number of carbonyl (C=O) groups excluding carboxylic acids is 1. The summed E-state index contributed by atoms with van der Waals surface area (Å²) in [5.74, 6) is -1.03. The zero-order valence-corrected chi connectivity index (χ0v) is 12.0. The van der Waals surface area contributed by atoms with Gasteiger partial charge in [-0.3, -0.25) is 14.5 Å². The first-order chi connectivity index (χ1) is 10.0. The highest BCUT2D eigenvalue weighted by Gasteiger charge is 2.35. The summed E-state index contributed by atoms with van der Waals surface area (Å²) < 4.78 is 0. The van der Waals surface area contributed by atoms with Crippen LogP contribution >= 0.6 is 0 Å². The smallest absolute Gasteiger partial charge is 0.305 e. The SMILES string of the molecule is CCC(c1ccc(O)cc1)N1CCNC(=O)C1CC(=O)O. The number of rotatable bonds is 5.